The molecule has 0 saturated carbocycles. The lowest BCUT2D eigenvalue weighted by molar-refractivity contribution is -0.331. The van der Waals surface area contributed by atoms with Crippen LogP contribution in [0.4, 0.5) is 0 Å². The molecule has 0 aliphatic carbocycles. The fourth-order valence-corrected chi connectivity index (χ4v) is 9.74. The number of allylic oxidation sites excluding steroid dienone is 3. The van der Waals surface area contributed by atoms with Crippen molar-refractivity contribution in [3.05, 3.63) is 67.8 Å². The number of aliphatic hydroxyl groups is 5. The lowest BCUT2D eigenvalue weighted by Gasteiger charge is -2.46. The maximum Gasteiger partial charge on any atom is 0.342 e. The van der Waals surface area contributed by atoms with Crippen LogP contribution >= 0.6 is 45.8 Å². The van der Waals surface area contributed by atoms with Gasteiger partial charge in [0.05, 0.1) is 41.1 Å². The van der Waals surface area contributed by atoms with E-state index in [1.807, 2.05) is 52.8 Å². The highest BCUT2D eigenvalue weighted by atomic mass is 127. The number of aliphatic hydroxyl groups excluding tert-OH is 5. The summed E-state index contributed by atoms with van der Waals surface area (Å²) in [5.74, 6) is -3.35. The van der Waals surface area contributed by atoms with Crippen LogP contribution in [0.3, 0.4) is 0 Å². The zero-order chi connectivity index (χ0) is 50.2. The number of hydrogen-bond acceptors (Lipinski definition) is 16. The summed E-state index contributed by atoms with van der Waals surface area (Å²) in [4.78, 5) is 27.5. The molecular formula is C48H69Cl2IO16. The zero-order valence-electron chi connectivity index (χ0n) is 39.8. The molecular weight excluding hydrogens is 1030 g/mol. The van der Waals surface area contributed by atoms with Gasteiger partial charge >= 0.3 is 11.9 Å². The number of carbonyl (C=O) groups excluding carboxylic acids is 2. The number of aromatic hydroxyl groups is 2. The summed E-state index contributed by atoms with van der Waals surface area (Å²) in [5.41, 5.74) is 0.937. The van der Waals surface area contributed by atoms with E-state index < -0.39 is 108 Å². The van der Waals surface area contributed by atoms with Crippen molar-refractivity contribution in [3.8, 4) is 11.5 Å². The second kappa shape index (κ2) is 25.1. The largest absolute Gasteiger partial charge is 0.505 e. The maximum atomic E-state index is 14.0. The highest BCUT2D eigenvalue weighted by Crippen LogP contribution is 2.45. The number of methoxy groups -OCH3 is 1. The molecule has 378 valence electrons. The Hall–Kier alpha value is -2.37. The summed E-state index contributed by atoms with van der Waals surface area (Å²) in [6.45, 7) is 15.6. The highest BCUT2D eigenvalue weighted by molar-refractivity contribution is 14.1. The fraction of sp³-hybridized carbons (Fsp3) is 0.667. The van der Waals surface area contributed by atoms with Crippen molar-refractivity contribution in [2.24, 2.45) is 5.92 Å². The van der Waals surface area contributed by atoms with Crippen LogP contribution in [0, 0.1) is 5.92 Å². The molecule has 4 rings (SSSR count). The molecule has 13 unspecified atom stereocenters. The monoisotopic (exact) mass is 1100 g/mol. The number of phenolic OH excluding ortho intramolecular Hbond substituents is 2. The van der Waals surface area contributed by atoms with Gasteiger partial charge in [-0.05, 0) is 90.4 Å². The summed E-state index contributed by atoms with van der Waals surface area (Å²) in [6.07, 6.45) is -4.27. The van der Waals surface area contributed by atoms with Gasteiger partial charge in [-0.1, -0.05) is 96.4 Å². The smallest absolute Gasteiger partial charge is 0.342 e. The molecule has 3 aliphatic heterocycles. The van der Waals surface area contributed by atoms with E-state index in [1.54, 1.807) is 26.8 Å². The number of alkyl halides is 1. The summed E-state index contributed by atoms with van der Waals surface area (Å²) < 4.78 is 41.8. The number of carbonyl (C=O) groups is 2. The predicted molar refractivity (Wildman–Crippen MR) is 258 cm³/mol. The summed E-state index contributed by atoms with van der Waals surface area (Å²) in [7, 11) is 1.30. The van der Waals surface area contributed by atoms with Gasteiger partial charge < -0.3 is 68.9 Å². The minimum Gasteiger partial charge on any atom is -0.505 e. The molecule has 2 saturated heterocycles. The maximum absolute atomic E-state index is 14.0. The van der Waals surface area contributed by atoms with Gasteiger partial charge in [-0.15, -0.1) is 0 Å². The van der Waals surface area contributed by atoms with Crippen molar-refractivity contribution in [3.63, 3.8) is 0 Å². The van der Waals surface area contributed by atoms with Gasteiger partial charge in [0.2, 0.25) is 0 Å². The van der Waals surface area contributed by atoms with Crippen LogP contribution in [0.15, 0.2) is 46.6 Å². The van der Waals surface area contributed by atoms with E-state index in [0.29, 0.717) is 37.7 Å². The van der Waals surface area contributed by atoms with Gasteiger partial charge in [-0.2, -0.15) is 0 Å². The molecule has 1 aromatic rings. The number of rotatable bonds is 11. The Kier molecular flexibility index (Phi) is 21.5. The number of cyclic esters (lactones) is 1. The molecule has 67 heavy (non-hydrogen) atoms. The van der Waals surface area contributed by atoms with Crippen LogP contribution < -0.4 is 0 Å². The average Bonchev–Trinajstić information content (AvgIpc) is 3.28. The third-order valence-corrected chi connectivity index (χ3v) is 14.3. The molecule has 19 heteroatoms. The predicted octanol–water partition coefficient (Wildman–Crippen LogP) is 6.69. The van der Waals surface area contributed by atoms with Crippen molar-refractivity contribution in [1.82, 2.24) is 0 Å². The highest BCUT2D eigenvalue weighted by Gasteiger charge is 2.50. The molecule has 7 N–H and O–H groups in total. The number of esters is 2. The SMILES string of the molecule is CCc1c(Cl)c(O)c(Cl)c(O)c1C(=O)OC1C(C)OC(OC/C2=C\[C@@H](I)CCC(O)/C(C)=C/C(CC)C(OC3OC(C)(C)C(O)C(O)C3O)/C(C)=C/C(C)=C/CC(CC)OC2=O)C(OC)C1O. The number of phenols is 2. The molecule has 14 atom stereocenters. The van der Waals surface area contributed by atoms with Crippen molar-refractivity contribution in [1.29, 1.82) is 0 Å². The van der Waals surface area contributed by atoms with Crippen molar-refractivity contribution >= 4 is 57.7 Å². The first-order valence-electron chi connectivity index (χ1n) is 22.7. The Labute approximate surface area is 417 Å². The number of ether oxygens (including phenoxy) is 7. The molecule has 2 fully saturated rings. The van der Waals surface area contributed by atoms with E-state index in [2.05, 4.69) is 22.6 Å². The summed E-state index contributed by atoms with van der Waals surface area (Å²) in [6, 6.07) is 0. The first kappa shape index (κ1) is 57.2. The molecule has 0 aromatic heterocycles. The number of hydrogen-bond donors (Lipinski definition) is 7. The first-order chi connectivity index (χ1) is 31.4. The Balaban J connectivity index is 1.58. The molecule has 0 radical (unpaired) electrons. The van der Waals surface area contributed by atoms with Crippen molar-refractivity contribution in [2.45, 2.75) is 184 Å². The van der Waals surface area contributed by atoms with Gasteiger partial charge in [-0.25, -0.2) is 9.59 Å². The van der Waals surface area contributed by atoms with Gasteiger partial charge in [0.1, 0.15) is 47.2 Å². The lowest BCUT2D eigenvalue weighted by atomic mass is 9.88. The summed E-state index contributed by atoms with van der Waals surface area (Å²) >= 11 is 14.5. The van der Waals surface area contributed by atoms with Crippen molar-refractivity contribution in [2.75, 3.05) is 13.7 Å². The molecule has 0 bridgehead atoms. The van der Waals surface area contributed by atoms with Crippen LogP contribution in [0.25, 0.3) is 0 Å². The minimum atomic E-state index is -1.53. The van der Waals surface area contributed by atoms with E-state index >= 15 is 0 Å². The Bertz CT molecular complexity index is 2010. The van der Waals surface area contributed by atoms with E-state index in [-0.39, 0.29) is 44.6 Å². The molecule has 3 aliphatic rings. The molecule has 16 nitrogen and oxygen atoms in total. The second-order valence-electron chi connectivity index (χ2n) is 18.0. The van der Waals surface area contributed by atoms with Gasteiger partial charge in [0, 0.05) is 23.4 Å². The Morgan fingerprint density at radius 2 is 1.57 bits per heavy atom. The van der Waals surface area contributed by atoms with Gasteiger partial charge in [0.15, 0.2) is 30.2 Å². The quantitative estimate of drug-likeness (QED) is 0.0528. The average molecular weight is 1100 g/mol. The van der Waals surface area contributed by atoms with E-state index in [4.69, 9.17) is 56.4 Å². The van der Waals surface area contributed by atoms with Crippen LogP contribution in [-0.4, -0.2) is 145 Å². The molecule has 0 amide bonds. The van der Waals surface area contributed by atoms with Gasteiger partial charge in [-0.3, -0.25) is 0 Å². The van der Waals surface area contributed by atoms with Crippen molar-refractivity contribution < 1.29 is 78.5 Å². The van der Waals surface area contributed by atoms with Crippen LogP contribution in [0.5, 0.6) is 11.5 Å². The van der Waals surface area contributed by atoms with E-state index in [1.165, 1.54) is 14.0 Å². The van der Waals surface area contributed by atoms with Crippen LogP contribution in [0.1, 0.15) is 110 Å². The molecule has 3 heterocycles. The zero-order valence-corrected chi connectivity index (χ0v) is 43.5. The fourth-order valence-electron chi connectivity index (χ4n) is 8.39. The van der Waals surface area contributed by atoms with Crippen LogP contribution in [0.2, 0.25) is 10.0 Å². The third kappa shape index (κ3) is 13.9. The van der Waals surface area contributed by atoms with Crippen LogP contribution in [-0.2, 0) is 44.4 Å². The number of halogens is 3. The number of benzene rings is 1. The molecule has 1 aromatic carbocycles. The minimum absolute atomic E-state index is 0.0833. The topological polar surface area (TPSA) is 240 Å². The normalized spacial score (nSPS) is 37.0. The van der Waals surface area contributed by atoms with E-state index in [0.717, 1.165) is 11.1 Å². The second-order valence-corrected chi connectivity index (χ2v) is 20.3. The standard InChI is InChI=1S/C48H69Cl2IO16/c1-11-26-19-23(5)31(52)17-15-28(51)20-27(44(59)64-29(12-2)16-14-22(4)18-24(6)40(26)66-46-38(56)37(55)43(58)48(8,9)67-46)21-62-47-42(61-10)39(57)41(25(7)63-47)65-45(60)32-30(13-3)33(49)36(54)34(50)35(32)53/h14,18-20,25-26,28-29,31,37-43,46-47,52-58H,11-13,15-17,21H2,1-10H3/b22-14+,23-19+,24-18+,27-20+/t25?,26?,28-,29?,31?,37?,38?,39?,40?,41?,42?,43?,46?,47?/m0/s1. The Morgan fingerprint density at radius 3 is 2.18 bits per heavy atom. The summed E-state index contributed by atoms with van der Waals surface area (Å²) in [5, 5.41) is 75.3. The third-order valence-electron chi connectivity index (χ3n) is 12.6. The first-order valence-corrected chi connectivity index (χ1v) is 24.7. The van der Waals surface area contributed by atoms with E-state index in [9.17, 15) is 45.3 Å². The Morgan fingerprint density at radius 1 is 0.896 bits per heavy atom. The van der Waals surface area contributed by atoms with Gasteiger partial charge in [0.25, 0.3) is 0 Å². The lowest BCUT2D eigenvalue weighted by Crippen LogP contribution is -2.63. The molecule has 0 spiro atoms.